The number of aromatic nitrogens is 2. The molecule has 0 amide bonds. The number of anilines is 3. The van der Waals surface area contributed by atoms with Crippen LogP contribution in [0.25, 0.3) is 0 Å². The third-order valence-corrected chi connectivity index (χ3v) is 1.28. The van der Waals surface area contributed by atoms with E-state index < -0.39 is 0 Å². The van der Waals surface area contributed by atoms with Crippen LogP contribution in [-0.2, 0) is 0 Å². The van der Waals surface area contributed by atoms with Crippen molar-refractivity contribution in [3.05, 3.63) is 6.20 Å². The zero-order valence-electron chi connectivity index (χ0n) is 6.55. The minimum atomic E-state index is 0.548. The van der Waals surface area contributed by atoms with E-state index in [1.54, 1.807) is 20.3 Å². The molecule has 0 saturated heterocycles. The van der Waals surface area contributed by atoms with Crippen molar-refractivity contribution in [2.45, 2.75) is 0 Å². The summed E-state index contributed by atoms with van der Waals surface area (Å²) in [5, 5.41) is 5.66. The van der Waals surface area contributed by atoms with E-state index in [0.29, 0.717) is 17.5 Å². The van der Waals surface area contributed by atoms with Gasteiger partial charge in [-0.05, 0) is 0 Å². The molecule has 0 saturated carbocycles. The normalized spacial score (nSPS) is 9.27. The molecule has 0 aromatic carbocycles. The smallest absolute Gasteiger partial charge is 0.224 e. The third-order valence-electron chi connectivity index (χ3n) is 1.28. The van der Waals surface area contributed by atoms with Crippen LogP contribution in [0.1, 0.15) is 0 Å². The summed E-state index contributed by atoms with van der Waals surface area (Å²) in [6, 6.07) is 0. The van der Waals surface area contributed by atoms with Crippen LogP contribution < -0.4 is 16.4 Å². The molecule has 0 radical (unpaired) electrons. The first-order valence-electron chi connectivity index (χ1n) is 3.26. The molecule has 11 heavy (non-hydrogen) atoms. The molecule has 0 spiro atoms. The second kappa shape index (κ2) is 3.05. The van der Waals surface area contributed by atoms with Gasteiger partial charge < -0.3 is 16.4 Å². The molecule has 0 aliphatic rings. The highest BCUT2D eigenvalue weighted by atomic mass is 15.1. The van der Waals surface area contributed by atoms with Crippen LogP contribution in [0.2, 0.25) is 0 Å². The maximum atomic E-state index is 5.54. The summed E-state index contributed by atoms with van der Waals surface area (Å²) in [6.07, 6.45) is 1.56. The molecule has 1 aromatic rings. The predicted molar refractivity (Wildman–Crippen MR) is 45.5 cm³/mol. The Morgan fingerprint density at radius 1 is 1.36 bits per heavy atom. The number of hydrogen-bond donors (Lipinski definition) is 3. The van der Waals surface area contributed by atoms with E-state index in [1.807, 2.05) is 0 Å². The van der Waals surface area contributed by atoms with Gasteiger partial charge in [-0.1, -0.05) is 0 Å². The van der Waals surface area contributed by atoms with Gasteiger partial charge in [-0.25, -0.2) is 4.98 Å². The summed E-state index contributed by atoms with van der Waals surface area (Å²) in [5.41, 5.74) is 6.09. The largest absolute Gasteiger partial charge is 0.394 e. The molecule has 5 heteroatoms. The number of hydrogen-bond acceptors (Lipinski definition) is 5. The van der Waals surface area contributed by atoms with Crippen molar-refractivity contribution in [1.29, 1.82) is 0 Å². The molecule has 1 aromatic heterocycles. The Morgan fingerprint density at radius 3 is 2.64 bits per heavy atom. The summed E-state index contributed by atoms with van der Waals surface area (Å²) < 4.78 is 0. The van der Waals surface area contributed by atoms with Gasteiger partial charge in [0.2, 0.25) is 5.95 Å². The van der Waals surface area contributed by atoms with E-state index in [0.717, 1.165) is 0 Å². The lowest BCUT2D eigenvalue weighted by Crippen LogP contribution is -2.03. The van der Waals surface area contributed by atoms with Crippen molar-refractivity contribution in [2.75, 3.05) is 30.5 Å². The van der Waals surface area contributed by atoms with Crippen molar-refractivity contribution in [1.82, 2.24) is 9.97 Å². The lowest BCUT2D eigenvalue weighted by Gasteiger charge is -2.04. The van der Waals surface area contributed by atoms with Crippen LogP contribution in [-0.4, -0.2) is 24.1 Å². The summed E-state index contributed by atoms with van der Waals surface area (Å²) >= 11 is 0. The minimum absolute atomic E-state index is 0.548. The van der Waals surface area contributed by atoms with Crippen molar-refractivity contribution in [3.8, 4) is 0 Å². The van der Waals surface area contributed by atoms with Crippen molar-refractivity contribution < 1.29 is 0 Å². The van der Waals surface area contributed by atoms with Gasteiger partial charge in [0.15, 0.2) is 5.82 Å². The SMILES string of the molecule is CNc1ncc(N)c(NC)n1. The molecule has 0 aliphatic carbocycles. The summed E-state index contributed by atoms with van der Waals surface area (Å²) in [4.78, 5) is 7.97. The quantitative estimate of drug-likeness (QED) is 0.563. The molecule has 5 nitrogen and oxygen atoms in total. The Morgan fingerprint density at radius 2 is 2.09 bits per heavy atom. The maximum Gasteiger partial charge on any atom is 0.224 e. The molecule has 4 N–H and O–H groups in total. The Kier molecular flexibility index (Phi) is 2.10. The highest BCUT2D eigenvalue weighted by Crippen LogP contribution is 2.13. The summed E-state index contributed by atoms with van der Waals surface area (Å²) in [7, 11) is 3.52. The van der Waals surface area contributed by atoms with Crippen LogP contribution in [0.5, 0.6) is 0 Å². The minimum Gasteiger partial charge on any atom is -0.394 e. The van der Waals surface area contributed by atoms with Crippen LogP contribution in [0.15, 0.2) is 6.20 Å². The lowest BCUT2D eigenvalue weighted by atomic mass is 10.5. The Balaban J connectivity index is 3.02. The molecule has 0 atom stereocenters. The molecular formula is C6H11N5. The number of nitrogen functional groups attached to an aromatic ring is 1. The molecule has 60 valence electrons. The van der Waals surface area contributed by atoms with Crippen LogP contribution in [0, 0.1) is 0 Å². The first kappa shape index (κ1) is 7.59. The van der Waals surface area contributed by atoms with Gasteiger partial charge >= 0.3 is 0 Å². The monoisotopic (exact) mass is 153 g/mol. The average molecular weight is 153 g/mol. The molecule has 0 unspecified atom stereocenters. The van der Waals surface area contributed by atoms with E-state index in [-0.39, 0.29) is 0 Å². The second-order valence-electron chi connectivity index (χ2n) is 2.00. The van der Waals surface area contributed by atoms with Gasteiger partial charge in [0.25, 0.3) is 0 Å². The lowest BCUT2D eigenvalue weighted by molar-refractivity contribution is 1.15. The number of nitrogens with two attached hydrogens (primary N) is 1. The molecule has 1 heterocycles. The van der Waals surface area contributed by atoms with Gasteiger partial charge in [-0.15, -0.1) is 0 Å². The third kappa shape index (κ3) is 1.49. The van der Waals surface area contributed by atoms with Crippen molar-refractivity contribution in [3.63, 3.8) is 0 Å². The molecule has 1 rings (SSSR count). The summed E-state index contributed by atoms with van der Waals surface area (Å²) in [5.74, 6) is 1.20. The zero-order valence-corrected chi connectivity index (χ0v) is 6.55. The highest BCUT2D eigenvalue weighted by molar-refractivity contribution is 5.61. The van der Waals surface area contributed by atoms with E-state index in [4.69, 9.17) is 5.73 Å². The molecule has 0 bridgehead atoms. The highest BCUT2D eigenvalue weighted by Gasteiger charge is 1.99. The van der Waals surface area contributed by atoms with Crippen LogP contribution >= 0.6 is 0 Å². The average Bonchev–Trinajstić information content (AvgIpc) is 2.05. The Labute approximate surface area is 65.0 Å². The first-order chi connectivity index (χ1) is 5.27. The predicted octanol–water partition coefficient (Wildman–Crippen LogP) is 0.142. The van der Waals surface area contributed by atoms with Crippen molar-refractivity contribution >= 4 is 17.5 Å². The summed E-state index contributed by atoms with van der Waals surface area (Å²) in [6.45, 7) is 0. The number of nitrogens with one attached hydrogen (secondary N) is 2. The Hall–Kier alpha value is -1.52. The van der Waals surface area contributed by atoms with E-state index in [1.165, 1.54) is 0 Å². The fourth-order valence-corrected chi connectivity index (χ4v) is 0.712. The second-order valence-corrected chi connectivity index (χ2v) is 2.00. The topological polar surface area (TPSA) is 75.9 Å². The fourth-order valence-electron chi connectivity index (χ4n) is 0.712. The van der Waals surface area contributed by atoms with Gasteiger partial charge in [0, 0.05) is 14.1 Å². The standard InChI is InChI=1S/C6H11N5/c1-8-5-4(7)3-10-6(9-2)11-5/h3H,7H2,1-2H3,(H2,8,9,10,11). The van der Waals surface area contributed by atoms with Gasteiger partial charge in [-0.3, -0.25) is 0 Å². The fraction of sp³-hybridized carbons (Fsp3) is 0.333. The van der Waals surface area contributed by atoms with Crippen molar-refractivity contribution in [2.24, 2.45) is 0 Å². The maximum absolute atomic E-state index is 5.54. The van der Waals surface area contributed by atoms with Gasteiger partial charge in [-0.2, -0.15) is 4.98 Å². The molecular weight excluding hydrogens is 142 g/mol. The van der Waals surface area contributed by atoms with E-state index in [9.17, 15) is 0 Å². The molecule has 0 aliphatic heterocycles. The van der Waals surface area contributed by atoms with Gasteiger partial charge in [0.1, 0.15) is 0 Å². The number of rotatable bonds is 2. The van der Waals surface area contributed by atoms with Crippen LogP contribution in [0.3, 0.4) is 0 Å². The number of nitrogens with zero attached hydrogens (tertiary/aromatic N) is 2. The molecule has 0 fully saturated rings. The Bertz CT molecular complexity index is 247. The van der Waals surface area contributed by atoms with E-state index in [2.05, 4.69) is 20.6 Å². The zero-order chi connectivity index (χ0) is 8.27. The van der Waals surface area contributed by atoms with Gasteiger partial charge in [0.05, 0.1) is 11.9 Å². The van der Waals surface area contributed by atoms with E-state index >= 15 is 0 Å². The van der Waals surface area contributed by atoms with Crippen LogP contribution in [0.4, 0.5) is 17.5 Å². The first-order valence-corrected chi connectivity index (χ1v) is 3.26.